The van der Waals surface area contributed by atoms with E-state index in [1.54, 1.807) is 30.3 Å². The SMILES string of the molecule is Cl.NCC(O)CNC(=O)[C@@H](Cc1ccc2ccccc2c1)NC(=O)CNC(=O)c1ccccc1. The van der Waals surface area contributed by atoms with Gasteiger partial charge >= 0.3 is 0 Å². The molecule has 3 aromatic carbocycles. The highest BCUT2D eigenvalue weighted by atomic mass is 35.5. The molecule has 0 fully saturated rings. The summed E-state index contributed by atoms with van der Waals surface area (Å²) in [5.41, 5.74) is 6.70. The molecular formula is C25H29ClN4O4. The predicted octanol–water partition coefficient (Wildman–Crippen LogP) is 1.15. The molecule has 34 heavy (non-hydrogen) atoms. The van der Waals surface area contributed by atoms with Crippen LogP contribution in [0.2, 0.25) is 0 Å². The first-order valence-corrected chi connectivity index (χ1v) is 10.7. The first-order chi connectivity index (χ1) is 16.0. The average molecular weight is 485 g/mol. The highest BCUT2D eigenvalue weighted by molar-refractivity contribution is 5.97. The molecule has 0 aliphatic rings. The molecule has 0 saturated carbocycles. The second kappa shape index (κ2) is 13.3. The smallest absolute Gasteiger partial charge is 0.251 e. The summed E-state index contributed by atoms with van der Waals surface area (Å²) < 4.78 is 0. The standard InChI is InChI=1S/C25H28N4O4.ClH/c26-14-21(30)15-27-25(33)22(13-17-10-11-18-6-4-5-9-20(18)12-17)29-23(31)16-28-24(32)19-7-2-1-3-8-19;/h1-12,21-22,30H,13-16,26H2,(H,27,33)(H,28,32)(H,29,31);1H/t21?,22-;/m1./s1. The van der Waals surface area contributed by atoms with Gasteiger partial charge in [0.1, 0.15) is 6.04 Å². The summed E-state index contributed by atoms with van der Waals surface area (Å²) >= 11 is 0. The summed E-state index contributed by atoms with van der Waals surface area (Å²) in [4.78, 5) is 37.5. The fraction of sp³-hybridized carbons (Fsp3) is 0.240. The van der Waals surface area contributed by atoms with E-state index >= 15 is 0 Å². The van der Waals surface area contributed by atoms with Crippen molar-refractivity contribution in [2.24, 2.45) is 5.73 Å². The van der Waals surface area contributed by atoms with E-state index in [1.807, 2.05) is 42.5 Å². The molecule has 3 aromatic rings. The third-order valence-corrected chi connectivity index (χ3v) is 5.13. The number of carbonyl (C=O) groups is 3. The van der Waals surface area contributed by atoms with Gasteiger partial charge in [0.2, 0.25) is 11.8 Å². The summed E-state index contributed by atoms with van der Waals surface area (Å²) in [6.07, 6.45) is -0.635. The van der Waals surface area contributed by atoms with Gasteiger partial charge in [0.25, 0.3) is 5.91 Å². The van der Waals surface area contributed by atoms with E-state index in [-0.39, 0.29) is 44.4 Å². The molecule has 0 heterocycles. The molecule has 8 nitrogen and oxygen atoms in total. The molecule has 6 N–H and O–H groups in total. The predicted molar refractivity (Wildman–Crippen MR) is 134 cm³/mol. The second-order valence-corrected chi connectivity index (χ2v) is 7.69. The normalized spacial score (nSPS) is 12.2. The lowest BCUT2D eigenvalue weighted by Crippen LogP contribution is -2.52. The molecule has 0 radical (unpaired) electrons. The molecule has 3 amide bonds. The molecule has 0 aliphatic heterocycles. The minimum atomic E-state index is -0.891. The van der Waals surface area contributed by atoms with Crippen molar-refractivity contribution in [3.8, 4) is 0 Å². The summed E-state index contributed by atoms with van der Waals surface area (Å²) in [6, 6.07) is 21.3. The number of rotatable bonds is 10. The fourth-order valence-electron chi connectivity index (χ4n) is 3.33. The van der Waals surface area contributed by atoms with Gasteiger partial charge in [0.05, 0.1) is 12.6 Å². The number of fused-ring (bicyclic) bond motifs is 1. The van der Waals surface area contributed by atoms with Crippen LogP contribution in [0.1, 0.15) is 15.9 Å². The van der Waals surface area contributed by atoms with Crippen LogP contribution in [0.15, 0.2) is 72.8 Å². The zero-order chi connectivity index (χ0) is 23.6. The van der Waals surface area contributed by atoms with Crippen molar-refractivity contribution in [3.05, 3.63) is 83.9 Å². The lowest BCUT2D eigenvalue weighted by atomic mass is 10.0. The van der Waals surface area contributed by atoms with Gasteiger partial charge < -0.3 is 26.8 Å². The Balaban J connectivity index is 0.00000408. The Bertz CT molecular complexity index is 1110. The zero-order valence-electron chi connectivity index (χ0n) is 18.6. The second-order valence-electron chi connectivity index (χ2n) is 7.69. The van der Waals surface area contributed by atoms with Crippen LogP contribution >= 0.6 is 12.4 Å². The molecule has 2 atom stereocenters. The summed E-state index contributed by atoms with van der Waals surface area (Å²) in [5, 5.41) is 19.6. The number of nitrogens with one attached hydrogen (secondary N) is 3. The highest BCUT2D eigenvalue weighted by Crippen LogP contribution is 2.16. The van der Waals surface area contributed by atoms with Crippen LogP contribution in [0.4, 0.5) is 0 Å². The van der Waals surface area contributed by atoms with Gasteiger partial charge in [-0.3, -0.25) is 14.4 Å². The van der Waals surface area contributed by atoms with Gasteiger partial charge in [-0.2, -0.15) is 0 Å². The Morgan fingerprint density at radius 2 is 1.56 bits per heavy atom. The summed E-state index contributed by atoms with van der Waals surface area (Å²) in [6.45, 7) is -0.293. The van der Waals surface area contributed by atoms with E-state index < -0.39 is 24.0 Å². The number of halogens is 1. The summed E-state index contributed by atoms with van der Waals surface area (Å²) in [7, 11) is 0. The van der Waals surface area contributed by atoms with Gasteiger partial charge in [0, 0.05) is 25.1 Å². The number of hydrogen-bond donors (Lipinski definition) is 5. The Morgan fingerprint density at radius 1 is 0.882 bits per heavy atom. The van der Waals surface area contributed by atoms with Crippen LogP contribution in [0.25, 0.3) is 10.8 Å². The fourth-order valence-corrected chi connectivity index (χ4v) is 3.33. The molecule has 0 spiro atoms. The Morgan fingerprint density at radius 3 is 2.26 bits per heavy atom. The maximum Gasteiger partial charge on any atom is 0.251 e. The van der Waals surface area contributed by atoms with Crippen molar-refractivity contribution in [1.29, 1.82) is 0 Å². The lowest BCUT2D eigenvalue weighted by molar-refractivity contribution is -0.128. The van der Waals surface area contributed by atoms with Crippen LogP contribution < -0.4 is 21.7 Å². The largest absolute Gasteiger partial charge is 0.390 e. The topological polar surface area (TPSA) is 134 Å². The van der Waals surface area contributed by atoms with E-state index in [0.29, 0.717) is 5.56 Å². The number of hydrogen-bond acceptors (Lipinski definition) is 5. The molecule has 9 heteroatoms. The van der Waals surface area contributed by atoms with Crippen LogP contribution in [-0.4, -0.2) is 54.6 Å². The molecule has 3 rings (SSSR count). The number of nitrogens with two attached hydrogens (primary N) is 1. The minimum absolute atomic E-state index is 0. The van der Waals surface area contributed by atoms with E-state index in [4.69, 9.17) is 5.73 Å². The lowest BCUT2D eigenvalue weighted by Gasteiger charge is -2.20. The van der Waals surface area contributed by atoms with Crippen molar-refractivity contribution in [2.45, 2.75) is 18.6 Å². The number of aliphatic hydroxyl groups excluding tert-OH is 1. The van der Waals surface area contributed by atoms with Gasteiger partial charge in [-0.1, -0.05) is 60.7 Å². The van der Waals surface area contributed by atoms with E-state index in [0.717, 1.165) is 16.3 Å². The summed E-state index contributed by atoms with van der Waals surface area (Å²) in [5.74, 6) is -1.33. The molecule has 180 valence electrons. The quantitative estimate of drug-likeness (QED) is 0.294. The van der Waals surface area contributed by atoms with Crippen LogP contribution in [0.3, 0.4) is 0 Å². The highest BCUT2D eigenvalue weighted by Gasteiger charge is 2.22. The van der Waals surface area contributed by atoms with Gasteiger partial charge in [-0.25, -0.2) is 0 Å². The van der Waals surface area contributed by atoms with Crippen molar-refractivity contribution in [3.63, 3.8) is 0 Å². The monoisotopic (exact) mass is 484 g/mol. The van der Waals surface area contributed by atoms with Gasteiger partial charge in [0.15, 0.2) is 0 Å². The molecular weight excluding hydrogens is 456 g/mol. The third-order valence-electron chi connectivity index (χ3n) is 5.13. The van der Waals surface area contributed by atoms with Crippen molar-refractivity contribution >= 4 is 40.9 Å². The van der Waals surface area contributed by atoms with Crippen LogP contribution in [-0.2, 0) is 16.0 Å². The molecule has 0 bridgehead atoms. The third kappa shape index (κ3) is 7.84. The van der Waals surface area contributed by atoms with E-state index in [9.17, 15) is 19.5 Å². The maximum atomic E-state index is 12.8. The van der Waals surface area contributed by atoms with Crippen LogP contribution in [0.5, 0.6) is 0 Å². The minimum Gasteiger partial charge on any atom is -0.390 e. The Labute approximate surface area is 204 Å². The van der Waals surface area contributed by atoms with Crippen molar-refractivity contribution < 1.29 is 19.5 Å². The number of carbonyl (C=O) groups excluding carboxylic acids is 3. The van der Waals surface area contributed by atoms with Crippen molar-refractivity contribution in [1.82, 2.24) is 16.0 Å². The Hall–Kier alpha value is -3.46. The molecule has 0 aliphatic carbocycles. The van der Waals surface area contributed by atoms with Gasteiger partial charge in [-0.05, 0) is 28.5 Å². The number of aliphatic hydroxyl groups is 1. The Kier molecular flexibility index (Phi) is 10.5. The van der Waals surface area contributed by atoms with Crippen molar-refractivity contribution in [2.75, 3.05) is 19.6 Å². The first-order valence-electron chi connectivity index (χ1n) is 10.7. The molecule has 0 aromatic heterocycles. The maximum absolute atomic E-state index is 12.8. The average Bonchev–Trinajstić information content (AvgIpc) is 2.85. The van der Waals surface area contributed by atoms with E-state index in [1.165, 1.54) is 0 Å². The number of amides is 3. The molecule has 0 saturated heterocycles. The van der Waals surface area contributed by atoms with E-state index in [2.05, 4.69) is 16.0 Å². The van der Waals surface area contributed by atoms with Crippen LogP contribution in [0, 0.1) is 0 Å². The zero-order valence-corrected chi connectivity index (χ0v) is 19.4. The molecule has 1 unspecified atom stereocenters. The van der Waals surface area contributed by atoms with Gasteiger partial charge in [-0.15, -0.1) is 12.4 Å². The number of benzene rings is 3. The first kappa shape index (κ1) is 26.8.